The van der Waals surface area contributed by atoms with Crippen molar-refractivity contribution in [3.8, 4) is 5.75 Å². The molecule has 28 heavy (non-hydrogen) atoms. The van der Waals surface area contributed by atoms with Crippen LogP contribution in [0.2, 0.25) is 0 Å². The van der Waals surface area contributed by atoms with Crippen LogP contribution in [0.5, 0.6) is 5.75 Å². The molecule has 0 bridgehead atoms. The average Bonchev–Trinajstić information content (AvgIpc) is 2.68. The second-order valence-electron chi connectivity index (χ2n) is 6.85. The molecule has 0 aromatic heterocycles. The molecule has 0 atom stereocenters. The van der Waals surface area contributed by atoms with E-state index in [2.05, 4.69) is 0 Å². The summed E-state index contributed by atoms with van der Waals surface area (Å²) >= 11 is 0. The smallest absolute Gasteiger partial charge is 0.335 e. The molecular weight excluding hydrogens is 368 g/mol. The minimum Gasteiger partial charge on any atom is -0.481 e. The van der Waals surface area contributed by atoms with E-state index in [1.54, 1.807) is 17.0 Å². The molecule has 5 nitrogen and oxygen atoms in total. The Morgan fingerprint density at radius 3 is 2.50 bits per heavy atom. The Labute approximate surface area is 161 Å². The summed E-state index contributed by atoms with van der Waals surface area (Å²) in [7, 11) is 0. The largest absolute Gasteiger partial charge is 0.481 e. The SMILES string of the molecule is O=C(O)c1ccccc1CC1CCN(C(=O)COc2ccc(F)cc2F)CC1. The minimum absolute atomic E-state index is 0.157. The van der Waals surface area contributed by atoms with Crippen molar-refractivity contribution in [1.29, 1.82) is 0 Å². The molecule has 3 rings (SSSR count). The number of hydrogen-bond acceptors (Lipinski definition) is 3. The second kappa shape index (κ2) is 8.82. The highest BCUT2D eigenvalue weighted by Crippen LogP contribution is 2.24. The zero-order valence-electron chi connectivity index (χ0n) is 15.2. The van der Waals surface area contributed by atoms with Gasteiger partial charge in [-0.25, -0.2) is 13.6 Å². The summed E-state index contributed by atoms with van der Waals surface area (Å²) in [6.07, 6.45) is 2.16. The van der Waals surface area contributed by atoms with Gasteiger partial charge in [0.25, 0.3) is 5.91 Å². The van der Waals surface area contributed by atoms with Crippen molar-refractivity contribution in [2.45, 2.75) is 19.3 Å². The fourth-order valence-electron chi connectivity index (χ4n) is 3.43. The van der Waals surface area contributed by atoms with E-state index in [9.17, 15) is 23.5 Å². The average molecular weight is 389 g/mol. The summed E-state index contributed by atoms with van der Waals surface area (Å²) in [5.41, 5.74) is 1.12. The van der Waals surface area contributed by atoms with Gasteiger partial charge in [-0.2, -0.15) is 0 Å². The Bertz CT molecular complexity index is 863. The van der Waals surface area contributed by atoms with Gasteiger partial charge in [-0.05, 0) is 48.9 Å². The van der Waals surface area contributed by atoms with Crippen LogP contribution >= 0.6 is 0 Å². The number of likely N-dealkylation sites (tertiary alicyclic amines) is 1. The van der Waals surface area contributed by atoms with Crippen molar-refractivity contribution >= 4 is 11.9 Å². The molecule has 1 amide bonds. The highest BCUT2D eigenvalue weighted by atomic mass is 19.1. The summed E-state index contributed by atoms with van der Waals surface area (Å²) in [4.78, 5) is 25.3. The molecule has 1 heterocycles. The van der Waals surface area contributed by atoms with Crippen molar-refractivity contribution in [1.82, 2.24) is 4.90 Å². The lowest BCUT2D eigenvalue weighted by Gasteiger charge is -2.32. The maximum absolute atomic E-state index is 13.6. The van der Waals surface area contributed by atoms with Crippen molar-refractivity contribution in [2.75, 3.05) is 19.7 Å². The first-order valence-electron chi connectivity index (χ1n) is 9.11. The van der Waals surface area contributed by atoms with Crippen molar-refractivity contribution in [3.05, 3.63) is 65.2 Å². The van der Waals surface area contributed by atoms with E-state index < -0.39 is 17.6 Å². The maximum atomic E-state index is 13.6. The van der Waals surface area contributed by atoms with Crippen LogP contribution in [0.15, 0.2) is 42.5 Å². The van der Waals surface area contributed by atoms with Crippen molar-refractivity contribution in [2.24, 2.45) is 5.92 Å². The van der Waals surface area contributed by atoms with Gasteiger partial charge >= 0.3 is 5.97 Å². The second-order valence-corrected chi connectivity index (χ2v) is 6.85. The molecule has 1 aliphatic rings. The van der Waals surface area contributed by atoms with Crippen molar-refractivity contribution in [3.63, 3.8) is 0 Å². The van der Waals surface area contributed by atoms with E-state index in [-0.39, 0.29) is 18.3 Å². The topological polar surface area (TPSA) is 66.8 Å². The van der Waals surface area contributed by atoms with E-state index >= 15 is 0 Å². The fraction of sp³-hybridized carbons (Fsp3) is 0.333. The first-order valence-corrected chi connectivity index (χ1v) is 9.11. The minimum atomic E-state index is -0.937. The summed E-state index contributed by atoms with van der Waals surface area (Å²) in [5.74, 6) is -2.61. The maximum Gasteiger partial charge on any atom is 0.335 e. The zero-order valence-corrected chi connectivity index (χ0v) is 15.2. The van der Waals surface area contributed by atoms with Gasteiger partial charge in [-0.15, -0.1) is 0 Å². The highest BCUT2D eigenvalue weighted by molar-refractivity contribution is 5.89. The number of aromatic carboxylic acids is 1. The van der Waals surface area contributed by atoms with E-state index in [0.29, 0.717) is 37.1 Å². The van der Waals surface area contributed by atoms with Crippen molar-refractivity contribution < 1.29 is 28.2 Å². The van der Waals surface area contributed by atoms with Crippen LogP contribution in [0.3, 0.4) is 0 Å². The molecule has 1 aliphatic heterocycles. The quantitative estimate of drug-likeness (QED) is 0.821. The van der Waals surface area contributed by atoms with Gasteiger partial charge in [0.1, 0.15) is 5.82 Å². The Balaban J connectivity index is 1.50. The van der Waals surface area contributed by atoms with Crippen LogP contribution in [0.4, 0.5) is 8.78 Å². The van der Waals surface area contributed by atoms with Gasteiger partial charge < -0.3 is 14.7 Å². The third kappa shape index (κ3) is 4.85. The number of carboxylic acids is 1. The lowest BCUT2D eigenvalue weighted by atomic mass is 9.88. The number of carbonyl (C=O) groups is 2. The number of benzene rings is 2. The van der Waals surface area contributed by atoms with E-state index in [4.69, 9.17) is 4.74 Å². The number of nitrogens with zero attached hydrogens (tertiary/aromatic N) is 1. The van der Waals surface area contributed by atoms with Gasteiger partial charge in [-0.1, -0.05) is 18.2 Å². The number of halogens is 2. The third-order valence-electron chi connectivity index (χ3n) is 4.97. The Morgan fingerprint density at radius 1 is 1.11 bits per heavy atom. The van der Waals surface area contributed by atoms with E-state index in [1.165, 1.54) is 0 Å². The molecule has 148 valence electrons. The molecule has 0 aliphatic carbocycles. The third-order valence-corrected chi connectivity index (χ3v) is 4.97. The van der Waals surface area contributed by atoms with Gasteiger partial charge in [0.05, 0.1) is 5.56 Å². The first-order chi connectivity index (χ1) is 13.4. The van der Waals surface area contributed by atoms with Crippen LogP contribution in [0.25, 0.3) is 0 Å². The van der Waals surface area contributed by atoms with Gasteiger partial charge in [-0.3, -0.25) is 4.79 Å². The molecule has 1 fully saturated rings. The molecule has 1 saturated heterocycles. The molecule has 7 heteroatoms. The van der Waals surface area contributed by atoms with Gasteiger partial charge in [0, 0.05) is 19.2 Å². The summed E-state index contributed by atoms with van der Waals surface area (Å²) in [6, 6.07) is 9.90. The molecule has 0 spiro atoms. The summed E-state index contributed by atoms with van der Waals surface area (Å²) < 4.78 is 31.6. The number of carboxylic acid groups (broad SMARTS) is 1. The molecular formula is C21H21F2NO4. The number of piperidine rings is 1. The fourth-order valence-corrected chi connectivity index (χ4v) is 3.43. The molecule has 0 unspecified atom stereocenters. The number of hydrogen-bond donors (Lipinski definition) is 1. The highest BCUT2D eigenvalue weighted by Gasteiger charge is 2.24. The monoisotopic (exact) mass is 389 g/mol. The zero-order chi connectivity index (χ0) is 20.1. The summed E-state index contributed by atoms with van der Waals surface area (Å²) in [5, 5.41) is 9.28. The number of carbonyl (C=O) groups excluding carboxylic acids is 1. The van der Waals surface area contributed by atoms with Crippen LogP contribution in [-0.4, -0.2) is 41.6 Å². The summed E-state index contributed by atoms with van der Waals surface area (Å²) in [6.45, 7) is 0.761. The Kier molecular flexibility index (Phi) is 6.23. The number of rotatable bonds is 6. The lowest BCUT2D eigenvalue weighted by Crippen LogP contribution is -2.41. The number of amides is 1. The van der Waals surface area contributed by atoms with E-state index in [1.807, 2.05) is 12.1 Å². The van der Waals surface area contributed by atoms with Crippen LogP contribution in [0.1, 0.15) is 28.8 Å². The van der Waals surface area contributed by atoms with Gasteiger partial charge in [0.15, 0.2) is 18.2 Å². The predicted octanol–water partition coefficient (Wildman–Crippen LogP) is 3.52. The predicted molar refractivity (Wildman–Crippen MR) is 98.3 cm³/mol. The Hall–Kier alpha value is -2.96. The normalized spacial score (nSPS) is 14.7. The molecule has 0 saturated carbocycles. The Morgan fingerprint density at radius 2 is 1.82 bits per heavy atom. The molecule has 2 aromatic carbocycles. The molecule has 1 N–H and O–H groups in total. The standard InChI is InChI=1S/C21H21F2NO4/c22-16-5-6-19(18(23)12-16)28-13-20(25)24-9-7-14(8-10-24)11-15-3-1-2-4-17(15)21(26)27/h1-6,12,14H,7-11,13H2,(H,26,27). The first kappa shape index (κ1) is 19.8. The van der Waals surface area contributed by atoms with E-state index in [0.717, 1.165) is 30.5 Å². The number of ether oxygens (including phenoxy) is 1. The van der Waals surface area contributed by atoms with Crippen LogP contribution in [0, 0.1) is 17.6 Å². The van der Waals surface area contributed by atoms with Crippen LogP contribution < -0.4 is 4.74 Å². The van der Waals surface area contributed by atoms with Crippen LogP contribution in [-0.2, 0) is 11.2 Å². The van der Waals surface area contributed by atoms with Gasteiger partial charge in [0.2, 0.25) is 0 Å². The molecule has 2 aromatic rings. The lowest BCUT2D eigenvalue weighted by molar-refractivity contribution is -0.134. The molecule has 0 radical (unpaired) electrons.